The monoisotopic (exact) mass is 292 g/mol. The van der Waals surface area contributed by atoms with Crippen LogP contribution in [0.4, 0.5) is 0 Å². The van der Waals surface area contributed by atoms with E-state index in [0.29, 0.717) is 0 Å². The van der Waals surface area contributed by atoms with Crippen molar-refractivity contribution in [2.24, 2.45) is 0 Å². The molecule has 0 radical (unpaired) electrons. The minimum absolute atomic E-state index is 0.201. The Morgan fingerprint density at radius 3 is 2.82 bits per heavy atom. The van der Waals surface area contributed by atoms with E-state index in [-0.39, 0.29) is 5.78 Å². The Balaban J connectivity index is 2.23. The molecule has 0 unspecified atom stereocenters. The first kappa shape index (κ1) is 12.6. The van der Waals surface area contributed by atoms with Gasteiger partial charge in [0.1, 0.15) is 0 Å². The van der Waals surface area contributed by atoms with Gasteiger partial charge in [-0.2, -0.15) is 0 Å². The maximum atomic E-state index is 12.3. The van der Waals surface area contributed by atoms with E-state index in [9.17, 15) is 4.79 Å². The predicted octanol–water partition coefficient (Wildman–Crippen LogP) is 4.83. The summed E-state index contributed by atoms with van der Waals surface area (Å²) >= 11 is 3.48. The predicted molar refractivity (Wildman–Crippen MR) is 74.4 cm³/mol. The topological polar surface area (TPSA) is 17.1 Å². The fourth-order valence-electron chi connectivity index (χ4n) is 2.14. The number of allylic oxidation sites excluding steroid dienone is 2. The molecule has 2 rings (SSSR count). The highest BCUT2D eigenvalue weighted by molar-refractivity contribution is 9.10. The number of hydrogen-bond acceptors (Lipinski definition) is 1. The summed E-state index contributed by atoms with van der Waals surface area (Å²) in [6, 6.07) is 5.85. The fraction of sp³-hybridized carbons (Fsp3) is 0.400. The number of rotatable bonds is 2. The highest BCUT2D eigenvalue weighted by atomic mass is 79.9. The minimum atomic E-state index is 0.201. The minimum Gasteiger partial charge on any atom is -0.289 e. The van der Waals surface area contributed by atoms with Gasteiger partial charge in [0.25, 0.3) is 0 Å². The number of halogens is 1. The van der Waals surface area contributed by atoms with Crippen molar-refractivity contribution in [1.29, 1.82) is 0 Å². The molecular formula is C15H17BrO. The molecule has 17 heavy (non-hydrogen) atoms. The first-order valence-electron chi connectivity index (χ1n) is 6.18. The lowest BCUT2D eigenvalue weighted by molar-refractivity contribution is 0.103. The van der Waals surface area contributed by atoms with Gasteiger partial charge >= 0.3 is 0 Å². The summed E-state index contributed by atoms with van der Waals surface area (Å²) in [5.74, 6) is 0.201. The fourth-order valence-corrected chi connectivity index (χ4v) is 2.52. The Kier molecular flexibility index (Phi) is 4.16. The van der Waals surface area contributed by atoms with Crippen molar-refractivity contribution in [2.45, 2.75) is 39.0 Å². The van der Waals surface area contributed by atoms with E-state index in [1.54, 1.807) is 0 Å². The Morgan fingerprint density at radius 1 is 1.24 bits per heavy atom. The zero-order chi connectivity index (χ0) is 12.3. The summed E-state index contributed by atoms with van der Waals surface area (Å²) in [5, 5.41) is 0. The molecule has 0 spiro atoms. The summed E-state index contributed by atoms with van der Waals surface area (Å²) in [6.07, 6.45) is 7.71. The molecule has 1 aliphatic rings. The highest BCUT2D eigenvalue weighted by Gasteiger charge is 2.14. The maximum absolute atomic E-state index is 12.3. The summed E-state index contributed by atoms with van der Waals surface area (Å²) < 4.78 is 1.01. The van der Waals surface area contributed by atoms with Gasteiger partial charge in [0.05, 0.1) is 0 Å². The van der Waals surface area contributed by atoms with Crippen LogP contribution in [0.5, 0.6) is 0 Å². The lowest BCUT2D eigenvalue weighted by atomic mass is 9.99. The second-order valence-electron chi connectivity index (χ2n) is 4.62. The van der Waals surface area contributed by atoms with Gasteiger partial charge in [-0.25, -0.2) is 0 Å². The molecule has 1 aliphatic carbocycles. The van der Waals surface area contributed by atoms with Crippen LogP contribution >= 0.6 is 15.9 Å². The van der Waals surface area contributed by atoms with Crippen molar-refractivity contribution >= 4 is 21.7 Å². The van der Waals surface area contributed by atoms with Gasteiger partial charge in [-0.15, -0.1) is 0 Å². The molecule has 0 aliphatic heterocycles. The summed E-state index contributed by atoms with van der Waals surface area (Å²) in [6.45, 7) is 2.03. The van der Waals surface area contributed by atoms with Crippen molar-refractivity contribution in [3.63, 3.8) is 0 Å². The number of carbonyl (C=O) groups is 1. The third kappa shape index (κ3) is 3.06. The zero-order valence-corrected chi connectivity index (χ0v) is 11.7. The van der Waals surface area contributed by atoms with E-state index in [1.165, 1.54) is 12.8 Å². The van der Waals surface area contributed by atoms with Gasteiger partial charge < -0.3 is 0 Å². The largest absolute Gasteiger partial charge is 0.289 e. The summed E-state index contributed by atoms with van der Waals surface area (Å²) in [7, 11) is 0. The molecule has 0 N–H and O–H groups in total. The van der Waals surface area contributed by atoms with Crippen LogP contribution in [-0.4, -0.2) is 5.78 Å². The number of carbonyl (C=O) groups excluding carboxylic acids is 1. The smallest absolute Gasteiger partial charge is 0.188 e. The zero-order valence-electron chi connectivity index (χ0n) is 10.1. The first-order chi connectivity index (χ1) is 8.18. The number of Topliss-reactive ketones (excluding diaryl/α,β-unsaturated/α-hetero) is 1. The lowest BCUT2D eigenvalue weighted by Gasteiger charge is -2.06. The summed E-state index contributed by atoms with van der Waals surface area (Å²) in [4.78, 5) is 12.3. The molecule has 0 saturated heterocycles. The van der Waals surface area contributed by atoms with Crippen LogP contribution in [0.3, 0.4) is 0 Å². The Hall–Kier alpha value is -0.890. The second kappa shape index (κ2) is 5.63. The van der Waals surface area contributed by atoms with Crippen LogP contribution in [0.25, 0.3) is 0 Å². The molecule has 0 bridgehead atoms. The highest BCUT2D eigenvalue weighted by Crippen LogP contribution is 2.23. The molecule has 2 heteroatoms. The molecule has 90 valence electrons. The molecule has 0 fully saturated rings. The van der Waals surface area contributed by atoms with Gasteiger partial charge in [-0.3, -0.25) is 4.79 Å². The van der Waals surface area contributed by atoms with Crippen molar-refractivity contribution in [3.8, 4) is 0 Å². The van der Waals surface area contributed by atoms with E-state index in [4.69, 9.17) is 0 Å². The molecule has 1 aromatic rings. The molecule has 0 amide bonds. The maximum Gasteiger partial charge on any atom is 0.188 e. The van der Waals surface area contributed by atoms with E-state index in [1.807, 2.05) is 25.1 Å². The van der Waals surface area contributed by atoms with Crippen molar-refractivity contribution in [2.75, 3.05) is 0 Å². The van der Waals surface area contributed by atoms with Crippen LogP contribution in [0.15, 0.2) is 34.3 Å². The van der Waals surface area contributed by atoms with Crippen molar-refractivity contribution in [1.82, 2.24) is 0 Å². The standard InChI is InChI=1S/C15H17BrO/c1-11-8-9-13(10-14(11)16)15(17)12-6-4-2-3-5-7-12/h6,8-10H,2-5,7H2,1H3. The van der Waals surface area contributed by atoms with Crippen LogP contribution in [0.1, 0.15) is 48.0 Å². The average molecular weight is 293 g/mol. The van der Waals surface area contributed by atoms with E-state index >= 15 is 0 Å². The van der Waals surface area contributed by atoms with Crippen LogP contribution in [0.2, 0.25) is 0 Å². The van der Waals surface area contributed by atoms with E-state index < -0.39 is 0 Å². The average Bonchev–Trinajstić information content (AvgIpc) is 2.60. The van der Waals surface area contributed by atoms with Gasteiger partial charge in [0, 0.05) is 10.0 Å². The lowest BCUT2D eigenvalue weighted by Crippen LogP contribution is -2.03. The first-order valence-corrected chi connectivity index (χ1v) is 6.97. The molecule has 1 aromatic carbocycles. The van der Waals surface area contributed by atoms with Gasteiger partial charge in [0.2, 0.25) is 0 Å². The summed E-state index contributed by atoms with van der Waals surface area (Å²) in [5.41, 5.74) is 2.96. The molecule has 0 aromatic heterocycles. The van der Waals surface area contributed by atoms with Crippen LogP contribution in [-0.2, 0) is 0 Å². The number of aryl methyl sites for hydroxylation is 1. The van der Waals surface area contributed by atoms with E-state index in [2.05, 4.69) is 22.0 Å². The number of ketones is 1. The van der Waals surface area contributed by atoms with Gasteiger partial charge in [-0.05, 0) is 49.8 Å². The number of benzene rings is 1. The normalized spacial score (nSPS) is 16.2. The SMILES string of the molecule is Cc1ccc(C(=O)C2=CCCCCC2)cc1Br. The van der Waals surface area contributed by atoms with Crippen LogP contribution in [0, 0.1) is 6.92 Å². The molecular weight excluding hydrogens is 276 g/mol. The quantitative estimate of drug-likeness (QED) is 0.714. The third-order valence-electron chi connectivity index (χ3n) is 3.27. The van der Waals surface area contributed by atoms with Gasteiger partial charge in [-0.1, -0.05) is 40.6 Å². The van der Waals surface area contributed by atoms with Crippen LogP contribution < -0.4 is 0 Å². The molecule has 0 atom stereocenters. The van der Waals surface area contributed by atoms with Gasteiger partial charge in [0.15, 0.2) is 5.78 Å². The third-order valence-corrected chi connectivity index (χ3v) is 4.12. The van der Waals surface area contributed by atoms with E-state index in [0.717, 1.165) is 40.4 Å². The second-order valence-corrected chi connectivity index (χ2v) is 5.48. The Labute approximate surface area is 111 Å². The molecule has 0 heterocycles. The number of hydrogen-bond donors (Lipinski definition) is 0. The van der Waals surface area contributed by atoms with Crippen molar-refractivity contribution in [3.05, 3.63) is 45.4 Å². The Bertz CT molecular complexity index is 460. The Morgan fingerprint density at radius 2 is 2.06 bits per heavy atom. The van der Waals surface area contributed by atoms with Crippen molar-refractivity contribution < 1.29 is 4.79 Å². The molecule has 0 saturated carbocycles. The molecule has 1 nitrogen and oxygen atoms in total.